The third kappa shape index (κ3) is 9.89. The molecule has 38 heavy (non-hydrogen) atoms. The number of carbonyl (C=O) groups is 2. The zero-order valence-electron chi connectivity index (χ0n) is 22.9. The maximum absolute atomic E-state index is 12.6. The molecule has 1 amide bonds. The number of carbonyl (C=O) groups excluding carboxylic acids is 2. The molecule has 0 bridgehead atoms. The maximum atomic E-state index is 12.6. The largest absolute Gasteiger partial charge is 0.435 e. The molecule has 2 aromatic carbocycles. The molecule has 1 unspecified atom stereocenters. The molecule has 2 aromatic rings. The van der Waals surface area contributed by atoms with Crippen molar-refractivity contribution in [3.8, 4) is 5.75 Å². The van der Waals surface area contributed by atoms with Gasteiger partial charge < -0.3 is 19.7 Å². The van der Waals surface area contributed by atoms with Crippen molar-refractivity contribution >= 4 is 24.5 Å². The Bertz CT molecular complexity index is 1150. The molecule has 8 heteroatoms. The molecule has 0 aliphatic heterocycles. The lowest BCUT2D eigenvalue weighted by atomic mass is 9.94. The molecule has 0 saturated heterocycles. The Hall–Kier alpha value is -3.26. The zero-order chi connectivity index (χ0) is 28.1. The average Bonchev–Trinajstić information content (AvgIpc) is 2.86. The van der Waals surface area contributed by atoms with Crippen LogP contribution < -0.4 is 20.5 Å². The Morgan fingerprint density at radius 1 is 1.13 bits per heavy atom. The number of ketones is 1. The fourth-order valence-corrected chi connectivity index (χ4v) is 4.51. The minimum atomic E-state index is -2.89. The summed E-state index contributed by atoms with van der Waals surface area (Å²) in [5.41, 5.74) is 1.99. The van der Waals surface area contributed by atoms with Gasteiger partial charge in [-0.3, -0.25) is 9.59 Å². The van der Waals surface area contributed by atoms with E-state index in [4.69, 9.17) is 4.74 Å². The van der Waals surface area contributed by atoms with Gasteiger partial charge in [0.05, 0.1) is 6.61 Å². The first kappa shape index (κ1) is 31.0. The van der Waals surface area contributed by atoms with E-state index in [9.17, 15) is 18.4 Å². The van der Waals surface area contributed by atoms with Crippen LogP contribution in [0.5, 0.6) is 5.75 Å². The summed E-state index contributed by atoms with van der Waals surface area (Å²) in [4.78, 5) is 27.3. The van der Waals surface area contributed by atoms with E-state index in [1.807, 2.05) is 26.2 Å². The average molecular weight is 531 g/mol. The van der Waals surface area contributed by atoms with Crippen molar-refractivity contribution in [1.82, 2.24) is 10.2 Å². The molecule has 1 atom stereocenters. The van der Waals surface area contributed by atoms with Gasteiger partial charge in [0.25, 0.3) is 5.91 Å². The molecule has 0 spiro atoms. The molecule has 1 N–H and O–H groups in total. The van der Waals surface area contributed by atoms with Gasteiger partial charge in [0.1, 0.15) is 5.75 Å². The fourth-order valence-electron chi connectivity index (χ4n) is 4.51. The summed E-state index contributed by atoms with van der Waals surface area (Å²) < 4.78 is 34.0. The Balaban J connectivity index is 2.01. The smallest absolute Gasteiger partial charge is 0.387 e. The fraction of sp³-hybridized carbons (Fsp3) is 0.467. The van der Waals surface area contributed by atoms with Crippen LogP contribution in [0.3, 0.4) is 0 Å². The minimum absolute atomic E-state index is 0.0123. The second-order valence-electron chi connectivity index (χ2n) is 9.50. The van der Waals surface area contributed by atoms with Gasteiger partial charge in [-0.15, -0.1) is 0 Å². The van der Waals surface area contributed by atoms with Gasteiger partial charge in [0.15, 0.2) is 5.78 Å². The quantitative estimate of drug-likeness (QED) is 0.255. The predicted molar refractivity (Wildman–Crippen MR) is 147 cm³/mol. The molecule has 6 nitrogen and oxygen atoms in total. The van der Waals surface area contributed by atoms with E-state index >= 15 is 0 Å². The standard InChI is InChI=1S/C30H40F2N2O4/c1-6-8-23(9-7-10-28(35)24-12-14-25(15-13-24)38-30(31)32)19-34(4)20-27-21(2)11-16-26(22(27)3)29(36)33-17-18-37-5/h11-16,20,23,30H,2,6-10,17-19H2,1,3-5H3,(H,33,36)/b27-20+. The number of amides is 1. The number of nitrogens with zero attached hydrogens (tertiary/aromatic N) is 1. The minimum Gasteiger partial charge on any atom is -0.435 e. The summed E-state index contributed by atoms with van der Waals surface area (Å²) in [7, 11) is 3.61. The Labute approximate surface area is 224 Å². The molecule has 0 fully saturated rings. The van der Waals surface area contributed by atoms with Gasteiger partial charge in [-0.2, -0.15) is 8.78 Å². The van der Waals surface area contributed by atoms with Crippen LogP contribution in [-0.2, 0) is 4.74 Å². The van der Waals surface area contributed by atoms with Gasteiger partial charge in [0.2, 0.25) is 0 Å². The molecule has 0 heterocycles. The number of hydrogen-bond acceptors (Lipinski definition) is 5. The topological polar surface area (TPSA) is 67.9 Å². The zero-order valence-corrected chi connectivity index (χ0v) is 22.9. The highest BCUT2D eigenvalue weighted by Crippen LogP contribution is 2.20. The van der Waals surface area contributed by atoms with E-state index in [0.717, 1.165) is 48.2 Å². The highest BCUT2D eigenvalue weighted by molar-refractivity contribution is 5.96. The summed E-state index contributed by atoms with van der Waals surface area (Å²) in [6, 6.07) is 9.49. The van der Waals surface area contributed by atoms with Crippen LogP contribution in [0.2, 0.25) is 0 Å². The summed E-state index contributed by atoms with van der Waals surface area (Å²) in [5, 5.41) is 4.65. The third-order valence-electron chi connectivity index (χ3n) is 6.45. The molecule has 0 aliphatic rings. The number of benzene rings is 2. The van der Waals surface area contributed by atoms with Gasteiger partial charge >= 0.3 is 6.61 Å². The highest BCUT2D eigenvalue weighted by Gasteiger charge is 2.14. The monoisotopic (exact) mass is 530 g/mol. The number of ether oxygens (including phenoxy) is 2. The maximum Gasteiger partial charge on any atom is 0.387 e. The number of methoxy groups -OCH3 is 1. The molecule has 2 rings (SSSR count). The van der Waals surface area contributed by atoms with Crippen LogP contribution in [0.25, 0.3) is 12.8 Å². The van der Waals surface area contributed by atoms with Crippen LogP contribution in [0.15, 0.2) is 36.4 Å². The molecular weight excluding hydrogens is 490 g/mol. The van der Waals surface area contributed by atoms with Gasteiger partial charge in [-0.05, 0) is 73.2 Å². The van der Waals surface area contributed by atoms with Gasteiger partial charge in [0, 0.05) is 56.2 Å². The van der Waals surface area contributed by atoms with E-state index in [0.29, 0.717) is 36.6 Å². The first-order chi connectivity index (χ1) is 18.2. The molecule has 208 valence electrons. The van der Waals surface area contributed by atoms with Crippen molar-refractivity contribution in [2.24, 2.45) is 5.92 Å². The second-order valence-corrected chi connectivity index (χ2v) is 9.50. The summed E-state index contributed by atoms with van der Waals surface area (Å²) in [5.74, 6) is 0.282. The number of halogens is 2. The number of alkyl halides is 2. The van der Waals surface area contributed by atoms with Crippen LogP contribution in [0, 0.1) is 12.8 Å². The lowest BCUT2D eigenvalue weighted by Crippen LogP contribution is -2.35. The van der Waals surface area contributed by atoms with Crippen molar-refractivity contribution in [3.05, 3.63) is 63.5 Å². The Morgan fingerprint density at radius 2 is 1.84 bits per heavy atom. The van der Waals surface area contributed by atoms with Crippen LogP contribution in [0.4, 0.5) is 8.78 Å². The Morgan fingerprint density at radius 3 is 2.47 bits per heavy atom. The lowest BCUT2D eigenvalue weighted by Gasteiger charge is -2.23. The van der Waals surface area contributed by atoms with Crippen molar-refractivity contribution in [2.75, 3.05) is 33.9 Å². The summed E-state index contributed by atoms with van der Waals surface area (Å²) in [6.07, 6.45) is 6.14. The van der Waals surface area contributed by atoms with Crippen LogP contribution in [-0.4, -0.2) is 57.1 Å². The van der Waals surface area contributed by atoms with E-state index in [1.165, 1.54) is 24.3 Å². The molecule has 0 saturated carbocycles. The Kier molecular flexibility index (Phi) is 12.9. The number of Topliss-reactive ketones (excluding diaryl/α,β-unsaturated/α-hetero) is 1. The lowest BCUT2D eigenvalue weighted by molar-refractivity contribution is -0.0498. The van der Waals surface area contributed by atoms with Crippen molar-refractivity contribution in [3.63, 3.8) is 0 Å². The first-order valence-corrected chi connectivity index (χ1v) is 13.0. The number of rotatable bonds is 16. The van der Waals surface area contributed by atoms with E-state index < -0.39 is 6.61 Å². The van der Waals surface area contributed by atoms with Crippen molar-refractivity contribution in [2.45, 2.75) is 52.6 Å². The van der Waals surface area contributed by atoms with Gasteiger partial charge in [-0.1, -0.05) is 26.0 Å². The van der Waals surface area contributed by atoms with Crippen LogP contribution >= 0.6 is 0 Å². The summed E-state index contributed by atoms with van der Waals surface area (Å²) >= 11 is 0. The normalized spacial score (nSPS) is 12.4. The first-order valence-electron chi connectivity index (χ1n) is 13.0. The van der Waals surface area contributed by atoms with Gasteiger partial charge in [-0.25, -0.2) is 0 Å². The van der Waals surface area contributed by atoms with Crippen LogP contribution in [0.1, 0.15) is 65.3 Å². The molecule has 0 aliphatic carbocycles. The third-order valence-corrected chi connectivity index (χ3v) is 6.45. The van der Waals surface area contributed by atoms with Crippen molar-refractivity contribution in [1.29, 1.82) is 0 Å². The van der Waals surface area contributed by atoms with Crippen molar-refractivity contribution < 1.29 is 27.8 Å². The SMILES string of the molecule is C=c1ccc(C(=O)NCCOC)c(C)/c1=C/N(C)CC(CCC)CCCC(=O)c1ccc(OC(F)F)cc1. The number of nitrogens with one attached hydrogen (secondary N) is 1. The van der Waals surface area contributed by atoms with E-state index in [-0.39, 0.29) is 17.4 Å². The van der Waals surface area contributed by atoms with E-state index in [2.05, 4.69) is 28.5 Å². The molecular formula is C30H40F2N2O4. The second kappa shape index (κ2) is 15.9. The molecule has 0 radical (unpaired) electrons. The van der Waals surface area contributed by atoms with E-state index in [1.54, 1.807) is 13.2 Å². The molecule has 0 aromatic heterocycles. The highest BCUT2D eigenvalue weighted by atomic mass is 19.3. The summed E-state index contributed by atoms with van der Waals surface area (Å²) in [6.45, 7) is 7.05. The number of hydrogen-bond donors (Lipinski definition) is 1. The predicted octanol–water partition coefficient (Wildman–Crippen LogP) is 4.52.